The van der Waals surface area contributed by atoms with Crippen molar-refractivity contribution in [2.45, 2.75) is 44.7 Å². The van der Waals surface area contributed by atoms with Crippen LogP contribution in [0.5, 0.6) is 0 Å². The summed E-state index contributed by atoms with van der Waals surface area (Å²) in [5.74, 6) is -0.718. The van der Waals surface area contributed by atoms with Gasteiger partial charge in [-0.15, -0.1) is 11.3 Å². The van der Waals surface area contributed by atoms with E-state index in [4.69, 9.17) is 0 Å². The van der Waals surface area contributed by atoms with E-state index in [1.165, 1.54) is 4.90 Å². The van der Waals surface area contributed by atoms with Gasteiger partial charge in [0.25, 0.3) is 17.7 Å². The average molecular weight is 368 g/mol. The predicted octanol–water partition coefficient (Wildman–Crippen LogP) is 3.61. The van der Waals surface area contributed by atoms with Gasteiger partial charge >= 0.3 is 0 Å². The number of imide groups is 1. The van der Waals surface area contributed by atoms with Gasteiger partial charge in [0.2, 0.25) is 0 Å². The summed E-state index contributed by atoms with van der Waals surface area (Å²) in [6.07, 6.45) is 5.01. The molecule has 6 heteroatoms. The number of benzene rings is 1. The number of nitrogens with zero attached hydrogens (tertiary/aromatic N) is 1. The zero-order valence-corrected chi connectivity index (χ0v) is 15.2. The Morgan fingerprint density at radius 3 is 2.58 bits per heavy atom. The van der Waals surface area contributed by atoms with E-state index < -0.39 is 0 Å². The van der Waals surface area contributed by atoms with E-state index in [1.807, 2.05) is 17.5 Å². The van der Waals surface area contributed by atoms with Crippen molar-refractivity contribution in [1.82, 2.24) is 10.2 Å². The number of carbonyl (C=O) groups is 3. The molecule has 1 aliphatic heterocycles. The highest BCUT2D eigenvalue weighted by molar-refractivity contribution is 7.09. The minimum Gasteiger partial charge on any atom is -0.347 e. The minimum absolute atomic E-state index is 0.00717. The molecule has 1 saturated carbocycles. The van der Waals surface area contributed by atoms with Crippen LogP contribution < -0.4 is 5.32 Å². The summed E-state index contributed by atoms with van der Waals surface area (Å²) in [6.45, 7) is 0.453. The molecule has 4 rings (SSSR count). The third-order valence-electron chi connectivity index (χ3n) is 5.12. The largest absolute Gasteiger partial charge is 0.347 e. The summed E-state index contributed by atoms with van der Waals surface area (Å²) in [6, 6.07) is 8.68. The number of rotatable bonds is 4. The topological polar surface area (TPSA) is 66.5 Å². The smallest absolute Gasteiger partial charge is 0.261 e. The van der Waals surface area contributed by atoms with Crippen molar-refractivity contribution in [3.63, 3.8) is 0 Å². The lowest BCUT2D eigenvalue weighted by molar-refractivity contribution is 0.0549. The first-order chi connectivity index (χ1) is 12.6. The maximum absolute atomic E-state index is 12.8. The molecule has 5 nitrogen and oxygen atoms in total. The third-order valence-corrected chi connectivity index (χ3v) is 6.00. The van der Waals surface area contributed by atoms with Crippen molar-refractivity contribution in [2.75, 3.05) is 0 Å². The second kappa shape index (κ2) is 7.03. The number of hydrogen-bond acceptors (Lipinski definition) is 4. The van der Waals surface area contributed by atoms with Crippen LogP contribution in [0.15, 0.2) is 35.7 Å². The van der Waals surface area contributed by atoms with Gasteiger partial charge in [0.05, 0.1) is 17.7 Å². The van der Waals surface area contributed by atoms with Crippen LogP contribution in [0.1, 0.15) is 68.1 Å². The van der Waals surface area contributed by atoms with E-state index in [1.54, 1.807) is 29.5 Å². The van der Waals surface area contributed by atoms with Gasteiger partial charge in [0.1, 0.15) is 0 Å². The molecule has 0 spiro atoms. The Balaban J connectivity index is 1.52. The number of amides is 3. The minimum atomic E-state index is -0.259. The fourth-order valence-electron chi connectivity index (χ4n) is 3.75. The number of nitrogens with one attached hydrogen (secondary N) is 1. The maximum Gasteiger partial charge on any atom is 0.261 e. The summed E-state index contributed by atoms with van der Waals surface area (Å²) >= 11 is 1.58. The van der Waals surface area contributed by atoms with Crippen LogP contribution in [-0.4, -0.2) is 28.7 Å². The van der Waals surface area contributed by atoms with Crippen molar-refractivity contribution >= 4 is 29.1 Å². The lowest BCUT2D eigenvalue weighted by Crippen LogP contribution is -2.40. The second-order valence-corrected chi connectivity index (χ2v) is 7.83. The van der Waals surface area contributed by atoms with Crippen molar-refractivity contribution in [3.8, 4) is 0 Å². The average Bonchev–Trinajstić information content (AvgIpc) is 3.27. The van der Waals surface area contributed by atoms with Crippen LogP contribution in [0.2, 0.25) is 0 Å². The Hall–Kier alpha value is -2.47. The molecule has 1 aromatic heterocycles. The molecule has 0 bridgehead atoms. The van der Waals surface area contributed by atoms with Gasteiger partial charge in [-0.05, 0) is 42.5 Å². The molecule has 1 N–H and O–H groups in total. The van der Waals surface area contributed by atoms with Gasteiger partial charge in [-0.1, -0.05) is 25.3 Å². The van der Waals surface area contributed by atoms with Crippen LogP contribution in [0, 0.1) is 0 Å². The van der Waals surface area contributed by atoms with Crippen LogP contribution in [-0.2, 0) is 6.54 Å². The first kappa shape index (κ1) is 17.0. The van der Waals surface area contributed by atoms with Gasteiger partial charge < -0.3 is 5.32 Å². The van der Waals surface area contributed by atoms with Crippen LogP contribution >= 0.6 is 11.3 Å². The van der Waals surface area contributed by atoms with E-state index in [0.29, 0.717) is 23.2 Å². The van der Waals surface area contributed by atoms with Crippen molar-refractivity contribution in [1.29, 1.82) is 0 Å². The Morgan fingerprint density at radius 2 is 1.85 bits per heavy atom. The Morgan fingerprint density at radius 1 is 1.08 bits per heavy atom. The lowest BCUT2D eigenvalue weighted by atomic mass is 9.94. The highest BCUT2D eigenvalue weighted by atomic mass is 32.1. The molecule has 2 aromatic rings. The predicted molar refractivity (Wildman–Crippen MR) is 99.3 cm³/mol. The first-order valence-electron chi connectivity index (χ1n) is 8.97. The number of carbonyl (C=O) groups excluding carboxylic acids is 3. The molecule has 0 radical (unpaired) electrons. The molecule has 3 amide bonds. The molecule has 0 atom stereocenters. The summed E-state index contributed by atoms with van der Waals surface area (Å²) in [4.78, 5) is 40.3. The summed E-state index contributed by atoms with van der Waals surface area (Å²) in [5.41, 5.74) is 1.17. The molecule has 1 aromatic carbocycles. The standard InChI is InChI=1S/C20H20N2O3S/c23-18(21-12-15-7-4-10-26-15)13-8-9-16-17(11-13)20(25)22(19(16)24)14-5-2-1-3-6-14/h4,7-11,14H,1-3,5-6,12H2,(H,21,23). The first-order valence-corrected chi connectivity index (χ1v) is 9.85. The second-order valence-electron chi connectivity index (χ2n) is 6.79. The van der Waals surface area contributed by atoms with E-state index in [2.05, 4.69) is 5.32 Å². The van der Waals surface area contributed by atoms with Crippen LogP contribution in [0.4, 0.5) is 0 Å². The Bertz CT molecular complexity index is 854. The van der Waals surface area contributed by atoms with Crippen molar-refractivity contribution < 1.29 is 14.4 Å². The fraction of sp³-hybridized carbons (Fsp3) is 0.350. The molecule has 0 unspecified atom stereocenters. The zero-order valence-electron chi connectivity index (χ0n) is 14.4. The Labute approximate surface area is 156 Å². The van der Waals surface area contributed by atoms with Crippen molar-refractivity contribution in [3.05, 3.63) is 57.3 Å². The number of hydrogen-bond donors (Lipinski definition) is 1. The summed E-state index contributed by atoms with van der Waals surface area (Å²) in [7, 11) is 0. The SMILES string of the molecule is O=C(NCc1cccs1)c1ccc2c(c1)C(=O)N(C1CCCCC1)C2=O. The molecule has 134 valence electrons. The van der Waals surface area contributed by atoms with E-state index in [9.17, 15) is 14.4 Å². The number of thiophene rings is 1. The van der Waals surface area contributed by atoms with Gasteiger partial charge in [-0.2, -0.15) is 0 Å². The van der Waals surface area contributed by atoms with E-state index >= 15 is 0 Å². The fourth-order valence-corrected chi connectivity index (χ4v) is 4.40. The monoisotopic (exact) mass is 368 g/mol. The Kier molecular flexibility index (Phi) is 4.59. The highest BCUT2D eigenvalue weighted by Crippen LogP contribution is 2.31. The lowest BCUT2D eigenvalue weighted by Gasteiger charge is -2.29. The highest BCUT2D eigenvalue weighted by Gasteiger charge is 2.40. The maximum atomic E-state index is 12.8. The molecule has 2 aliphatic rings. The molecule has 1 aliphatic carbocycles. The quantitative estimate of drug-likeness (QED) is 0.839. The van der Waals surface area contributed by atoms with Crippen LogP contribution in [0.3, 0.4) is 0 Å². The van der Waals surface area contributed by atoms with Crippen molar-refractivity contribution in [2.24, 2.45) is 0 Å². The molecule has 2 heterocycles. The van der Waals surface area contributed by atoms with E-state index in [-0.39, 0.29) is 23.8 Å². The van der Waals surface area contributed by atoms with Gasteiger partial charge in [0, 0.05) is 16.5 Å². The van der Waals surface area contributed by atoms with Gasteiger partial charge in [0.15, 0.2) is 0 Å². The van der Waals surface area contributed by atoms with Gasteiger partial charge in [-0.25, -0.2) is 0 Å². The molecule has 0 saturated heterocycles. The summed E-state index contributed by atoms with van der Waals surface area (Å²) in [5, 5.41) is 4.81. The third kappa shape index (κ3) is 3.05. The van der Waals surface area contributed by atoms with Gasteiger partial charge in [-0.3, -0.25) is 19.3 Å². The molecule has 1 fully saturated rings. The molecule has 26 heavy (non-hydrogen) atoms. The molecular formula is C20H20N2O3S. The normalized spacial score (nSPS) is 17.5. The summed E-state index contributed by atoms with van der Waals surface area (Å²) < 4.78 is 0. The molecular weight excluding hydrogens is 348 g/mol. The number of fused-ring (bicyclic) bond motifs is 1. The van der Waals surface area contributed by atoms with Crippen LogP contribution in [0.25, 0.3) is 0 Å². The van der Waals surface area contributed by atoms with E-state index in [0.717, 1.165) is 37.0 Å². The zero-order chi connectivity index (χ0) is 18.1.